The van der Waals surface area contributed by atoms with Crippen LogP contribution in [0, 0.1) is 0 Å². The Labute approximate surface area is 140 Å². The van der Waals surface area contributed by atoms with Crippen LogP contribution in [0.25, 0.3) is 0 Å². The van der Waals surface area contributed by atoms with E-state index in [4.69, 9.17) is 0 Å². The molecule has 0 unspecified atom stereocenters. The van der Waals surface area contributed by atoms with Crippen molar-refractivity contribution in [1.82, 2.24) is 10.2 Å². The van der Waals surface area contributed by atoms with Crippen molar-refractivity contribution in [2.45, 2.75) is 12.0 Å². The number of aliphatic carboxylic acids is 1. The van der Waals surface area contributed by atoms with E-state index in [-0.39, 0.29) is 12.5 Å². The molecule has 1 fully saturated rings. The second kappa shape index (κ2) is 7.27. The number of carboxylic acids is 1. The van der Waals surface area contributed by atoms with Crippen molar-refractivity contribution < 1.29 is 14.7 Å². The third kappa shape index (κ3) is 3.46. The van der Waals surface area contributed by atoms with Gasteiger partial charge < -0.3 is 15.3 Å². The van der Waals surface area contributed by atoms with Crippen LogP contribution in [-0.4, -0.2) is 47.6 Å². The SMILES string of the molecule is O=C(O)[C@@H]1CN(C(=O)C(c2ccccc2)c2ccccc2)CCN1. The summed E-state index contributed by atoms with van der Waals surface area (Å²) in [6, 6.07) is 18.5. The molecule has 1 atom stereocenters. The van der Waals surface area contributed by atoms with Crippen LogP contribution >= 0.6 is 0 Å². The molecule has 0 bridgehead atoms. The van der Waals surface area contributed by atoms with E-state index in [0.29, 0.717) is 13.1 Å². The van der Waals surface area contributed by atoms with Crippen LogP contribution in [0.1, 0.15) is 17.0 Å². The maximum atomic E-state index is 13.2. The number of amides is 1. The van der Waals surface area contributed by atoms with E-state index in [2.05, 4.69) is 5.32 Å². The number of nitrogens with zero attached hydrogens (tertiary/aromatic N) is 1. The first-order valence-corrected chi connectivity index (χ1v) is 8.01. The highest BCUT2D eigenvalue weighted by atomic mass is 16.4. The first-order chi connectivity index (χ1) is 11.7. The molecule has 3 rings (SSSR count). The smallest absolute Gasteiger partial charge is 0.322 e. The minimum absolute atomic E-state index is 0.0554. The lowest BCUT2D eigenvalue weighted by atomic mass is 9.89. The summed E-state index contributed by atoms with van der Waals surface area (Å²) in [5.41, 5.74) is 1.83. The van der Waals surface area contributed by atoms with E-state index in [1.165, 1.54) is 0 Å². The Balaban J connectivity index is 1.91. The highest BCUT2D eigenvalue weighted by molar-refractivity contribution is 5.88. The zero-order valence-corrected chi connectivity index (χ0v) is 13.3. The number of carboxylic acid groups (broad SMARTS) is 1. The lowest BCUT2D eigenvalue weighted by molar-refractivity contribution is -0.142. The number of rotatable bonds is 4. The van der Waals surface area contributed by atoms with Crippen molar-refractivity contribution >= 4 is 11.9 Å². The lowest BCUT2D eigenvalue weighted by Crippen LogP contribution is -2.56. The molecule has 124 valence electrons. The molecule has 1 heterocycles. The normalized spacial score (nSPS) is 17.7. The predicted molar refractivity (Wildman–Crippen MR) is 90.7 cm³/mol. The van der Waals surface area contributed by atoms with Crippen molar-refractivity contribution in [3.8, 4) is 0 Å². The Bertz CT molecular complexity index is 664. The van der Waals surface area contributed by atoms with Crippen LogP contribution < -0.4 is 5.32 Å². The molecule has 24 heavy (non-hydrogen) atoms. The summed E-state index contributed by atoms with van der Waals surface area (Å²) in [5.74, 6) is -1.40. The number of carbonyl (C=O) groups excluding carboxylic acids is 1. The van der Waals surface area contributed by atoms with Crippen molar-refractivity contribution in [2.24, 2.45) is 0 Å². The molecule has 0 spiro atoms. The monoisotopic (exact) mass is 324 g/mol. The number of benzene rings is 2. The van der Waals surface area contributed by atoms with Gasteiger partial charge in [0.05, 0.1) is 5.92 Å². The largest absolute Gasteiger partial charge is 0.480 e. The van der Waals surface area contributed by atoms with Gasteiger partial charge in [0.1, 0.15) is 6.04 Å². The molecule has 1 saturated heterocycles. The Morgan fingerprint density at radius 3 is 2.04 bits per heavy atom. The molecule has 2 aromatic carbocycles. The van der Waals surface area contributed by atoms with E-state index in [0.717, 1.165) is 11.1 Å². The Hall–Kier alpha value is -2.66. The summed E-state index contributed by atoms with van der Waals surface area (Å²) in [6.07, 6.45) is 0. The van der Waals surface area contributed by atoms with Crippen LogP contribution in [0.15, 0.2) is 60.7 Å². The second-order valence-corrected chi connectivity index (χ2v) is 5.88. The zero-order valence-electron chi connectivity index (χ0n) is 13.3. The highest BCUT2D eigenvalue weighted by Gasteiger charge is 2.32. The van der Waals surface area contributed by atoms with Crippen LogP contribution in [0.2, 0.25) is 0 Å². The number of hydrogen-bond donors (Lipinski definition) is 2. The average Bonchev–Trinajstić information content (AvgIpc) is 2.64. The first kappa shape index (κ1) is 16.2. The third-order valence-corrected chi connectivity index (χ3v) is 4.30. The van der Waals surface area contributed by atoms with E-state index in [9.17, 15) is 14.7 Å². The molecule has 0 radical (unpaired) electrons. The molecule has 5 nitrogen and oxygen atoms in total. The van der Waals surface area contributed by atoms with E-state index < -0.39 is 17.9 Å². The maximum absolute atomic E-state index is 13.2. The zero-order chi connectivity index (χ0) is 16.9. The summed E-state index contributed by atoms with van der Waals surface area (Å²) < 4.78 is 0. The number of piperazine rings is 1. The fourth-order valence-electron chi connectivity index (χ4n) is 3.07. The molecule has 5 heteroatoms. The van der Waals surface area contributed by atoms with Gasteiger partial charge in [0, 0.05) is 19.6 Å². The van der Waals surface area contributed by atoms with Gasteiger partial charge >= 0.3 is 5.97 Å². The standard InChI is InChI=1S/C19H20N2O3/c22-18(21-12-11-20-16(13-21)19(23)24)17(14-7-3-1-4-8-14)15-9-5-2-6-10-15/h1-10,16-17,20H,11-13H2,(H,23,24)/t16-/m0/s1. The average molecular weight is 324 g/mol. The van der Waals surface area contributed by atoms with Gasteiger partial charge in [0.15, 0.2) is 0 Å². The predicted octanol–water partition coefficient (Wildman–Crippen LogP) is 1.70. The molecule has 1 amide bonds. The third-order valence-electron chi connectivity index (χ3n) is 4.30. The Morgan fingerprint density at radius 1 is 1.00 bits per heavy atom. The van der Waals surface area contributed by atoms with Gasteiger partial charge in [0.2, 0.25) is 5.91 Å². The molecule has 1 aliphatic heterocycles. The molecule has 2 N–H and O–H groups in total. The molecular weight excluding hydrogens is 304 g/mol. The first-order valence-electron chi connectivity index (χ1n) is 8.01. The summed E-state index contributed by atoms with van der Waals surface area (Å²) in [4.78, 5) is 26.1. The van der Waals surface area contributed by atoms with Crippen LogP contribution in [0.3, 0.4) is 0 Å². The molecule has 1 aliphatic rings. The van der Waals surface area contributed by atoms with E-state index >= 15 is 0 Å². The van der Waals surface area contributed by atoms with Crippen molar-refractivity contribution in [1.29, 1.82) is 0 Å². The molecule has 0 aromatic heterocycles. The molecule has 0 saturated carbocycles. The van der Waals surface area contributed by atoms with Gasteiger partial charge in [-0.1, -0.05) is 60.7 Å². The number of nitrogens with one attached hydrogen (secondary N) is 1. The van der Waals surface area contributed by atoms with Crippen LogP contribution in [0.4, 0.5) is 0 Å². The second-order valence-electron chi connectivity index (χ2n) is 5.88. The Morgan fingerprint density at radius 2 is 1.54 bits per heavy atom. The van der Waals surface area contributed by atoms with Gasteiger partial charge in [-0.05, 0) is 11.1 Å². The topological polar surface area (TPSA) is 69.6 Å². The van der Waals surface area contributed by atoms with E-state index in [1.807, 2.05) is 60.7 Å². The van der Waals surface area contributed by atoms with Crippen molar-refractivity contribution in [3.05, 3.63) is 71.8 Å². The van der Waals surface area contributed by atoms with Crippen molar-refractivity contribution in [2.75, 3.05) is 19.6 Å². The van der Waals surface area contributed by atoms with Crippen LogP contribution in [0.5, 0.6) is 0 Å². The van der Waals surface area contributed by atoms with E-state index in [1.54, 1.807) is 4.90 Å². The maximum Gasteiger partial charge on any atom is 0.322 e. The highest BCUT2D eigenvalue weighted by Crippen LogP contribution is 2.27. The van der Waals surface area contributed by atoms with Gasteiger partial charge in [-0.3, -0.25) is 9.59 Å². The summed E-state index contributed by atoms with van der Waals surface area (Å²) in [6.45, 7) is 1.18. The lowest BCUT2D eigenvalue weighted by Gasteiger charge is -2.34. The minimum Gasteiger partial charge on any atom is -0.480 e. The quantitative estimate of drug-likeness (QED) is 0.898. The van der Waals surface area contributed by atoms with Gasteiger partial charge in [-0.15, -0.1) is 0 Å². The fraction of sp³-hybridized carbons (Fsp3) is 0.263. The molecule has 2 aromatic rings. The summed E-state index contributed by atoms with van der Waals surface area (Å²) in [7, 11) is 0. The molecule has 0 aliphatic carbocycles. The van der Waals surface area contributed by atoms with Gasteiger partial charge in [-0.25, -0.2) is 0 Å². The Kier molecular flexibility index (Phi) is 4.91. The van der Waals surface area contributed by atoms with Gasteiger partial charge in [0.25, 0.3) is 0 Å². The number of hydrogen-bond acceptors (Lipinski definition) is 3. The minimum atomic E-state index is -0.927. The van der Waals surface area contributed by atoms with Gasteiger partial charge in [-0.2, -0.15) is 0 Å². The fourth-order valence-corrected chi connectivity index (χ4v) is 3.07. The van der Waals surface area contributed by atoms with Crippen LogP contribution in [-0.2, 0) is 9.59 Å². The molecular formula is C19H20N2O3. The number of carbonyl (C=O) groups is 2. The summed E-state index contributed by atoms with van der Waals surface area (Å²) >= 11 is 0. The van der Waals surface area contributed by atoms with Crippen molar-refractivity contribution in [3.63, 3.8) is 0 Å². The summed E-state index contributed by atoms with van der Waals surface area (Å²) in [5, 5.41) is 12.1.